The molecular formula is C16H23N. The van der Waals surface area contributed by atoms with Crippen molar-refractivity contribution >= 4 is 0 Å². The molecule has 0 fully saturated rings. The van der Waals surface area contributed by atoms with Gasteiger partial charge >= 0.3 is 0 Å². The van der Waals surface area contributed by atoms with Gasteiger partial charge in [-0.15, -0.1) is 0 Å². The van der Waals surface area contributed by atoms with Crippen molar-refractivity contribution in [2.75, 3.05) is 7.05 Å². The fraction of sp³-hybridized carbons (Fsp3) is 0.250. The minimum Gasteiger partial charge on any atom is -0.345 e. The van der Waals surface area contributed by atoms with Crippen LogP contribution in [-0.2, 0) is 0 Å². The van der Waals surface area contributed by atoms with E-state index in [0.29, 0.717) is 0 Å². The molecule has 17 heavy (non-hydrogen) atoms. The third-order valence-electron chi connectivity index (χ3n) is 2.32. The van der Waals surface area contributed by atoms with Crippen molar-refractivity contribution in [2.45, 2.75) is 20.3 Å². The topological polar surface area (TPSA) is 3.24 Å². The second-order valence-electron chi connectivity index (χ2n) is 3.50. The zero-order valence-corrected chi connectivity index (χ0v) is 11.2. The molecule has 0 aliphatic heterocycles. The molecular weight excluding hydrogens is 206 g/mol. The van der Waals surface area contributed by atoms with Crippen LogP contribution in [0.3, 0.4) is 0 Å². The van der Waals surface area contributed by atoms with Crippen LogP contribution >= 0.6 is 0 Å². The maximum absolute atomic E-state index is 3.84. The van der Waals surface area contributed by atoms with Crippen molar-refractivity contribution in [3.05, 3.63) is 73.2 Å². The molecule has 0 aromatic rings. The maximum atomic E-state index is 3.84. The summed E-state index contributed by atoms with van der Waals surface area (Å²) < 4.78 is 0. The van der Waals surface area contributed by atoms with Gasteiger partial charge in [0.05, 0.1) is 0 Å². The van der Waals surface area contributed by atoms with Gasteiger partial charge in [-0.3, -0.25) is 0 Å². The van der Waals surface area contributed by atoms with Crippen LogP contribution in [0.25, 0.3) is 0 Å². The first-order valence-corrected chi connectivity index (χ1v) is 5.89. The predicted octanol–water partition coefficient (Wildman–Crippen LogP) is 4.60. The minimum atomic E-state index is 1.04. The van der Waals surface area contributed by atoms with Crippen LogP contribution in [-0.4, -0.2) is 11.9 Å². The summed E-state index contributed by atoms with van der Waals surface area (Å²) in [7, 11) is 2.02. The largest absolute Gasteiger partial charge is 0.345 e. The van der Waals surface area contributed by atoms with E-state index in [2.05, 4.69) is 49.3 Å². The van der Waals surface area contributed by atoms with Crippen LogP contribution in [0.2, 0.25) is 0 Å². The third-order valence-corrected chi connectivity index (χ3v) is 2.32. The number of likely N-dealkylation sites (N-methyl/N-ethyl adjacent to an activating group) is 1. The van der Waals surface area contributed by atoms with Gasteiger partial charge in [0.15, 0.2) is 0 Å². The second kappa shape index (κ2) is 9.46. The van der Waals surface area contributed by atoms with E-state index in [1.165, 1.54) is 0 Å². The van der Waals surface area contributed by atoms with Crippen molar-refractivity contribution in [3.8, 4) is 0 Å². The number of hydrogen-bond acceptors (Lipinski definition) is 1. The van der Waals surface area contributed by atoms with Crippen molar-refractivity contribution in [1.82, 2.24) is 4.90 Å². The molecule has 0 aromatic carbocycles. The second-order valence-corrected chi connectivity index (χ2v) is 3.50. The molecule has 0 rings (SSSR count). The molecule has 0 aliphatic carbocycles. The average molecular weight is 229 g/mol. The van der Waals surface area contributed by atoms with E-state index < -0.39 is 0 Å². The monoisotopic (exact) mass is 229 g/mol. The van der Waals surface area contributed by atoms with E-state index >= 15 is 0 Å². The molecule has 0 saturated carbocycles. The van der Waals surface area contributed by atoms with Gasteiger partial charge in [0.25, 0.3) is 0 Å². The highest BCUT2D eigenvalue weighted by molar-refractivity contribution is 5.30. The Morgan fingerprint density at radius 2 is 1.88 bits per heavy atom. The quantitative estimate of drug-likeness (QED) is 0.577. The Balaban J connectivity index is 4.95. The van der Waals surface area contributed by atoms with E-state index in [1.807, 2.05) is 32.2 Å². The van der Waals surface area contributed by atoms with Crippen LogP contribution in [0.15, 0.2) is 73.2 Å². The van der Waals surface area contributed by atoms with Crippen molar-refractivity contribution in [3.63, 3.8) is 0 Å². The molecule has 0 aliphatic rings. The van der Waals surface area contributed by atoms with E-state index in [1.54, 1.807) is 6.08 Å². The van der Waals surface area contributed by atoms with E-state index in [0.717, 1.165) is 17.8 Å². The summed E-state index contributed by atoms with van der Waals surface area (Å²) in [6.45, 7) is 11.6. The van der Waals surface area contributed by atoms with Crippen molar-refractivity contribution in [1.29, 1.82) is 0 Å². The molecule has 1 heteroatoms. The molecule has 0 radical (unpaired) electrons. The summed E-state index contributed by atoms with van der Waals surface area (Å²) in [4.78, 5) is 2.09. The zero-order chi connectivity index (χ0) is 13.1. The Hall–Kier alpha value is -1.76. The molecule has 0 unspecified atom stereocenters. The van der Waals surface area contributed by atoms with Gasteiger partial charge in [0.2, 0.25) is 0 Å². The molecule has 0 N–H and O–H groups in total. The highest BCUT2D eigenvalue weighted by Crippen LogP contribution is 2.13. The Kier molecular flexibility index (Phi) is 8.48. The van der Waals surface area contributed by atoms with Crippen molar-refractivity contribution < 1.29 is 0 Å². The normalized spacial score (nSPS) is 13.4. The zero-order valence-electron chi connectivity index (χ0n) is 11.2. The highest BCUT2D eigenvalue weighted by Gasteiger charge is 2.02. The first kappa shape index (κ1) is 15.2. The van der Waals surface area contributed by atoms with Crippen LogP contribution in [0.1, 0.15) is 20.3 Å². The fourth-order valence-electron chi connectivity index (χ4n) is 1.34. The van der Waals surface area contributed by atoms with Gasteiger partial charge in [-0.2, -0.15) is 0 Å². The van der Waals surface area contributed by atoms with Crippen molar-refractivity contribution in [2.24, 2.45) is 0 Å². The smallest absolute Gasteiger partial charge is 0.0401 e. The lowest BCUT2D eigenvalue weighted by atomic mass is 10.2. The first-order valence-electron chi connectivity index (χ1n) is 5.89. The molecule has 0 bridgehead atoms. The summed E-state index contributed by atoms with van der Waals surface area (Å²) in [6, 6.07) is 0. The lowest BCUT2D eigenvalue weighted by molar-refractivity contribution is 0.553. The highest BCUT2D eigenvalue weighted by atomic mass is 15.1. The molecule has 0 atom stereocenters. The molecule has 0 aromatic heterocycles. The van der Waals surface area contributed by atoms with Gasteiger partial charge in [-0.05, 0) is 31.6 Å². The minimum absolute atomic E-state index is 1.04. The Morgan fingerprint density at radius 3 is 2.35 bits per heavy atom. The number of nitrogens with zero attached hydrogens (tertiary/aromatic N) is 1. The number of allylic oxidation sites excluding steroid dienone is 8. The predicted molar refractivity (Wildman–Crippen MR) is 78.6 cm³/mol. The summed E-state index contributed by atoms with van der Waals surface area (Å²) in [6.07, 6.45) is 16.9. The molecule has 92 valence electrons. The van der Waals surface area contributed by atoms with E-state index in [-0.39, 0.29) is 0 Å². The van der Waals surface area contributed by atoms with Crippen LogP contribution in [0.4, 0.5) is 0 Å². The van der Waals surface area contributed by atoms with E-state index in [4.69, 9.17) is 0 Å². The van der Waals surface area contributed by atoms with Gasteiger partial charge in [0, 0.05) is 18.4 Å². The average Bonchev–Trinajstić information content (AvgIpc) is 2.35. The first-order chi connectivity index (χ1) is 8.21. The Labute approximate surface area is 106 Å². The summed E-state index contributed by atoms with van der Waals surface area (Å²) >= 11 is 0. The lowest BCUT2D eigenvalue weighted by Crippen LogP contribution is -2.14. The summed E-state index contributed by atoms with van der Waals surface area (Å²) in [5.41, 5.74) is 2.18. The maximum Gasteiger partial charge on any atom is 0.0401 e. The molecule has 0 spiro atoms. The van der Waals surface area contributed by atoms with Gasteiger partial charge in [-0.1, -0.05) is 50.5 Å². The van der Waals surface area contributed by atoms with Gasteiger partial charge in [-0.25, -0.2) is 0 Å². The van der Waals surface area contributed by atoms with Gasteiger partial charge < -0.3 is 4.90 Å². The SMILES string of the molecule is C=C/C=C\C(=C/C)N(C)/C(C=C)=C/C=C\CC. The summed E-state index contributed by atoms with van der Waals surface area (Å²) in [5, 5.41) is 0. The molecule has 0 heterocycles. The lowest BCUT2D eigenvalue weighted by Gasteiger charge is -2.21. The van der Waals surface area contributed by atoms with Gasteiger partial charge in [0.1, 0.15) is 0 Å². The fourth-order valence-corrected chi connectivity index (χ4v) is 1.34. The summed E-state index contributed by atoms with van der Waals surface area (Å²) in [5.74, 6) is 0. The Bertz CT molecular complexity index is 354. The van der Waals surface area contributed by atoms with Crippen LogP contribution in [0, 0.1) is 0 Å². The molecule has 0 amide bonds. The Morgan fingerprint density at radius 1 is 1.18 bits per heavy atom. The van der Waals surface area contributed by atoms with Crippen LogP contribution < -0.4 is 0 Å². The number of rotatable bonds is 7. The molecule has 0 saturated heterocycles. The molecule has 1 nitrogen and oxygen atoms in total. The third kappa shape index (κ3) is 5.76. The van der Waals surface area contributed by atoms with Crippen LogP contribution in [0.5, 0.6) is 0 Å². The standard InChI is InChI=1S/C16H23N/c1-6-10-12-14-16(9-4)17(5)15(8-3)13-11-7-2/h7-14H,2,4,6H2,1,3,5H3/b12-10-,13-11-,15-8+,16-14+. The number of hydrogen-bond donors (Lipinski definition) is 0. The van der Waals surface area contributed by atoms with E-state index in [9.17, 15) is 0 Å².